The molecular formula is C106H148. The molecule has 0 spiro atoms. The van der Waals surface area contributed by atoms with Gasteiger partial charge in [-0.05, 0) is 305 Å². The molecule has 12 rings (SSSR count). The largest absolute Gasteiger partial charge is 0.0683 e. The molecule has 0 aromatic heterocycles. The summed E-state index contributed by atoms with van der Waals surface area (Å²) in [5.41, 5.74) is 30.4. The average molecular weight is 1420 g/mol. The molecule has 0 aliphatic heterocycles. The maximum absolute atomic E-state index is 2.34. The number of fused-ring (bicyclic) bond motifs is 6. The van der Waals surface area contributed by atoms with E-state index in [-0.39, 0.29) is 32.5 Å². The molecule has 0 saturated carbocycles. The van der Waals surface area contributed by atoms with Crippen molar-refractivity contribution in [2.24, 2.45) is 0 Å². The quantitative estimate of drug-likeness (QED) is 0.142. The van der Waals surface area contributed by atoms with Gasteiger partial charge in [-0.2, -0.15) is 0 Å². The third kappa shape index (κ3) is 22.2. The highest BCUT2D eigenvalue weighted by Gasteiger charge is 2.28. The molecule has 0 fully saturated rings. The lowest BCUT2D eigenvalue weighted by Crippen LogP contribution is -2.17. The van der Waals surface area contributed by atoms with E-state index in [0.29, 0.717) is 0 Å². The summed E-state index contributed by atoms with van der Waals surface area (Å²) in [7, 11) is 0. The molecule has 0 heteroatoms. The Morgan fingerprint density at radius 3 is 0.708 bits per heavy atom. The summed E-state index contributed by atoms with van der Waals surface area (Å²) in [6, 6.07) is 60.7. The Bertz CT molecular complexity index is 4620. The van der Waals surface area contributed by atoms with Gasteiger partial charge in [0.2, 0.25) is 0 Å². The van der Waals surface area contributed by atoms with Crippen molar-refractivity contribution in [3.8, 4) is 0 Å². The van der Waals surface area contributed by atoms with Crippen LogP contribution in [0.5, 0.6) is 0 Å². The van der Waals surface area contributed by atoms with Crippen LogP contribution in [0.3, 0.4) is 0 Å². The molecule has 12 aromatic carbocycles. The second-order valence-corrected chi connectivity index (χ2v) is 34.7. The number of aryl methyl sites for hydroxylation is 7. The molecule has 0 unspecified atom stereocenters. The number of hydrogen-bond acceptors (Lipinski definition) is 0. The predicted molar refractivity (Wildman–Crippen MR) is 488 cm³/mol. The highest BCUT2D eigenvalue weighted by atomic mass is 14.3. The maximum atomic E-state index is 2.34. The van der Waals surface area contributed by atoms with Gasteiger partial charge in [0.25, 0.3) is 0 Å². The highest BCUT2D eigenvalue weighted by Crippen LogP contribution is 2.44. The molecule has 0 nitrogen and oxygen atoms in total. The first-order valence-corrected chi connectivity index (χ1v) is 40.3. The van der Waals surface area contributed by atoms with Crippen LogP contribution in [0.2, 0.25) is 0 Å². The fourth-order valence-corrected chi connectivity index (χ4v) is 15.1. The van der Waals surface area contributed by atoms with Crippen molar-refractivity contribution < 1.29 is 0 Å². The van der Waals surface area contributed by atoms with Gasteiger partial charge in [-0.15, -0.1) is 0 Å². The fraction of sp³-hybridized carbons (Fsp3) is 0.434. The Morgan fingerprint density at radius 1 is 0.170 bits per heavy atom. The van der Waals surface area contributed by atoms with E-state index in [1.165, 1.54) is 176 Å². The molecule has 572 valence electrons. The second-order valence-electron chi connectivity index (χ2n) is 34.7. The smallest absolute Gasteiger partial charge is 0.0106 e. The van der Waals surface area contributed by atoms with Gasteiger partial charge in [0, 0.05) is 0 Å². The summed E-state index contributed by atoms with van der Waals surface area (Å²) >= 11 is 0. The summed E-state index contributed by atoms with van der Waals surface area (Å²) in [4.78, 5) is 0. The summed E-state index contributed by atoms with van der Waals surface area (Å²) in [5.74, 6) is 0. The van der Waals surface area contributed by atoms with Crippen molar-refractivity contribution in [1.82, 2.24) is 0 Å². The molecule has 0 aliphatic carbocycles. The monoisotopic (exact) mass is 1420 g/mol. The van der Waals surface area contributed by atoms with Crippen LogP contribution >= 0.6 is 0 Å². The van der Waals surface area contributed by atoms with Gasteiger partial charge in [-0.25, -0.2) is 0 Å². The van der Waals surface area contributed by atoms with Gasteiger partial charge in [-0.3, -0.25) is 0 Å². The van der Waals surface area contributed by atoms with Crippen LogP contribution in [0, 0.1) is 96.9 Å². The first-order chi connectivity index (χ1) is 49.3. The van der Waals surface area contributed by atoms with Crippen LogP contribution in [0.1, 0.15) is 291 Å². The van der Waals surface area contributed by atoms with Gasteiger partial charge < -0.3 is 0 Å². The van der Waals surface area contributed by atoms with Crippen LogP contribution in [0.15, 0.2) is 170 Å². The SMILES string of the molecule is CC.CC.CC.CC.CC(C)(C)c1ccc2ccccc2c1.CC(C)(C)c1ccc2ccccc2c1.CC(C)(C)c1cccc2ccccc12.CC(C)(C)c1cccc2ccccc12.Cc1c(C)c(C)c2c(C(C)(C)C)c(C)c(C)c(C)c2c1C.Cc1c(C)c(C)c2c(C)c(C(C)(C)C)c(C)c(C)c2c1C. The predicted octanol–water partition coefficient (Wildman–Crippen LogP) is 33.2. The van der Waals surface area contributed by atoms with E-state index in [0.717, 1.165) is 0 Å². The number of hydrogen-bond donors (Lipinski definition) is 0. The van der Waals surface area contributed by atoms with Crippen LogP contribution in [-0.2, 0) is 32.5 Å². The number of benzene rings is 12. The molecule has 0 aliphatic rings. The van der Waals surface area contributed by atoms with Crippen LogP contribution in [0.4, 0.5) is 0 Å². The lowest BCUT2D eigenvalue weighted by atomic mass is 9.75. The molecule has 0 N–H and O–H groups in total. The lowest BCUT2D eigenvalue weighted by Gasteiger charge is -2.30. The van der Waals surface area contributed by atoms with Crippen LogP contribution in [0.25, 0.3) is 64.6 Å². The molecule has 0 atom stereocenters. The Morgan fingerprint density at radius 2 is 0.406 bits per heavy atom. The van der Waals surface area contributed by atoms with Crippen molar-refractivity contribution >= 4 is 64.6 Å². The molecule has 0 amide bonds. The minimum absolute atomic E-state index is 0.166. The van der Waals surface area contributed by atoms with Gasteiger partial charge in [0.1, 0.15) is 0 Å². The number of rotatable bonds is 0. The zero-order chi connectivity index (χ0) is 81.3. The third-order valence-electron chi connectivity index (χ3n) is 21.5. The van der Waals surface area contributed by atoms with E-state index in [4.69, 9.17) is 0 Å². The standard InChI is InChI=1S/2C21H30.4C14H16.4C2H6/c1-11-12(2)16(6)19-18(14(11)4)15(5)13(3)17(7)20(19)21(8,9)10;1-11-12(2)14(4)19-17(7)20(21(8,9)10)16(6)15(5)18(19)13(11)3;2*1-14(2,3)13-10-6-8-11-7-4-5-9-12(11)13;2*1-14(2,3)13-9-8-11-6-4-5-7-12(11)10-13;4*1-2/h2*1-10H3;4*4-10H,1-3H3;4*1-2H3. The van der Waals surface area contributed by atoms with E-state index in [1.807, 2.05) is 55.4 Å². The van der Waals surface area contributed by atoms with Crippen LogP contribution in [-0.4, -0.2) is 0 Å². The van der Waals surface area contributed by atoms with Crippen molar-refractivity contribution in [2.75, 3.05) is 0 Å². The van der Waals surface area contributed by atoms with Crippen LogP contribution < -0.4 is 0 Å². The van der Waals surface area contributed by atoms with E-state index in [1.54, 1.807) is 0 Å². The molecule has 0 saturated heterocycles. The topological polar surface area (TPSA) is 0 Å². The van der Waals surface area contributed by atoms with Gasteiger partial charge in [0.15, 0.2) is 0 Å². The molecule has 106 heavy (non-hydrogen) atoms. The maximum Gasteiger partial charge on any atom is -0.0106 e. The first kappa shape index (κ1) is 92.4. The molecule has 0 bridgehead atoms. The first-order valence-electron chi connectivity index (χ1n) is 40.3. The van der Waals surface area contributed by atoms with Crippen molar-refractivity contribution in [3.05, 3.63) is 281 Å². The van der Waals surface area contributed by atoms with Crippen molar-refractivity contribution in [2.45, 2.75) is 309 Å². The Kier molecular flexibility index (Phi) is 33.9. The van der Waals surface area contributed by atoms with Crippen molar-refractivity contribution in [1.29, 1.82) is 0 Å². The summed E-state index contributed by atoms with van der Waals surface area (Å²) < 4.78 is 0. The minimum atomic E-state index is 0.166. The molecule has 12 aromatic rings. The fourth-order valence-electron chi connectivity index (χ4n) is 15.1. The highest BCUT2D eigenvalue weighted by molar-refractivity contribution is 5.99. The summed E-state index contributed by atoms with van der Waals surface area (Å²) in [6.45, 7) is 89.1. The van der Waals surface area contributed by atoms with Gasteiger partial charge >= 0.3 is 0 Å². The van der Waals surface area contributed by atoms with E-state index >= 15 is 0 Å². The zero-order valence-electron chi connectivity index (χ0n) is 75.2. The molecule has 0 radical (unpaired) electrons. The molecular weight excluding hydrogens is 1270 g/mol. The minimum Gasteiger partial charge on any atom is -0.0683 e. The van der Waals surface area contributed by atoms with E-state index < -0.39 is 0 Å². The Labute approximate surface area is 651 Å². The normalized spacial score (nSPS) is 11.4. The zero-order valence-corrected chi connectivity index (χ0v) is 75.2. The lowest BCUT2D eigenvalue weighted by molar-refractivity contribution is 0.582. The summed E-state index contributed by atoms with van der Waals surface area (Å²) in [5, 5.41) is 16.7. The Balaban J connectivity index is 0.000000326. The van der Waals surface area contributed by atoms with E-state index in [2.05, 4.69) is 391 Å². The second kappa shape index (κ2) is 38.8. The Hall–Kier alpha value is -7.80. The molecule has 0 heterocycles. The van der Waals surface area contributed by atoms with E-state index in [9.17, 15) is 0 Å². The van der Waals surface area contributed by atoms with Crippen molar-refractivity contribution in [3.63, 3.8) is 0 Å². The summed E-state index contributed by atoms with van der Waals surface area (Å²) in [6.07, 6.45) is 0. The third-order valence-corrected chi connectivity index (χ3v) is 21.5. The van der Waals surface area contributed by atoms with Gasteiger partial charge in [0.05, 0.1) is 0 Å². The average Bonchev–Trinajstić information content (AvgIpc) is 0.734. The van der Waals surface area contributed by atoms with Gasteiger partial charge in [-0.1, -0.05) is 350 Å².